The highest BCUT2D eigenvalue weighted by Crippen LogP contribution is 2.48. The molecule has 1 aromatic carbocycles. The number of aliphatic carboxylic acids is 1. The number of carboxylic acids is 1. The van der Waals surface area contributed by atoms with Crippen LogP contribution >= 0.6 is 0 Å². The Bertz CT molecular complexity index is 390. The number of likely N-dealkylation sites (N-methyl/N-ethyl adjacent to an activating group) is 1. The molecule has 1 saturated carbocycles. The summed E-state index contributed by atoms with van der Waals surface area (Å²) in [7, 11) is 1.89. The van der Waals surface area contributed by atoms with Crippen molar-refractivity contribution in [2.75, 3.05) is 7.05 Å². The Balaban J connectivity index is 2.09. The van der Waals surface area contributed by atoms with Crippen LogP contribution in [0.15, 0.2) is 30.3 Å². The van der Waals surface area contributed by atoms with Crippen molar-refractivity contribution in [1.82, 2.24) is 4.90 Å². The van der Waals surface area contributed by atoms with Crippen molar-refractivity contribution in [1.29, 1.82) is 0 Å². The first-order chi connectivity index (χ1) is 7.57. The Kier molecular flexibility index (Phi) is 2.72. The van der Waals surface area contributed by atoms with Crippen molar-refractivity contribution in [2.45, 2.75) is 25.4 Å². The Morgan fingerprint density at radius 2 is 2.06 bits per heavy atom. The summed E-state index contributed by atoms with van der Waals surface area (Å²) in [5.74, 6) is -0.447. The molecule has 0 bridgehead atoms. The molecule has 0 heterocycles. The summed E-state index contributed by atoms with van der Waals surface area (Å²) in [6, 6.07) is 9.98. The third-order valence-electron chi connectivity index (χ3n) is 3.59. The molecule has 1 fully saturated rings. The molecule has 0 aromatic heterocycles. The van der Waals surface area contributed by atoms with Gasteiger partial charge in [-0.25, -0.2) is 0 Å². The maximum Gasteiger partial charge on any atom is 0.324 e. The zero-order chi connectivity index (χ0) is 11.8. The lowest BCUT2D eigenvalue weighted by Crippen LogP contribution is -2.42. The molecule has 0 saturated heterocycles. The summed E-state index contributed by atoms with van der Waals surface area (Å²) in [5, 5.41) is 9.28. The van der Waals surface area contributed by atoms with Crippen molar-refractivity contribution in [3.8, 4) is 0 Å². The molecule has 2 atom stereocenters. The summed E-state index contributed by atoms with van der Waals surface area (Å²) >= 11 is 0. The van der Waals surface area contributed by atoms with Gasteiger partial charge in [-0.05, 0) is 24.9 Å². The fraction of sp³-hybridized carbons (Fsp3) is 0.462. The molecule has 3 nitrogen and oxygen atoms in total. The van der Waals surface area contributed by atoms with Crippen LogP contribution in [-0.4, -0.2) is 28.6 Å². The largest absolute Gasteiger partial charge is 0.480 e. The standard InChI is InChI=1S/C13H17NO2/c1-10-8-13(10,12(15)16)14(2)9-11-6-4-3-5-7-11/h3-7,10H,8-9H2,1-2H3,(H,15,16)/t10-,13-/m1/s1. The second-order valence-electron chi connectivity index (χ2n) is 4.68. The number of hydrogen-bond donors (Lipinski definition) is 1. The maximum atomic E-state index is 11.3. The molecule has 0 radical (unpaired) electrons. The molecule has 3 heteroatoms. The van der Waals surface area contributed by atoms with Crippen LogP contribution in [0.3, 0.4) is 0 Å². The van der Waals surface area contributed by atoms with E-state index >= 15 is 0 Å². The second-order valence-corrected chi connectivity index (χ2v) is 4.68. The zero-order valence-electron chi connectivity index (χ0n) is 9.68. The molecule has 16 heavy (non-hydrogen) atoms. The van der Waals surface area contributed by atoms with Crippen LogP contribution in [0.5, 0.6) is 0 Å². The van der Waals surface area contributed by atoms with E-state index in [2.05, 4.69) is 0 Å². The summed E-state index contributed by atoms with van der Waals surface area (Å²) < 4.78 is 0. The normalized spacial score (nSPS) is 28.1. The van der Waals surface area contributed by atoms with Crippen molar-refractivity contribution in [3.63, 3.8) is 0 Å². The number of benzene rings is 1. The van der Waals surface area contributed by atoms with Crippen LogP contribution in [0, 0.1) is 5.92 Å². The van der Waals surface area contributed by atoms with Gasteiger partial charge in [0, 0.05) is 6.54 Å². The first-order valence-corrected chi connectivity index (χ1v) is 5.56. The number of hydrogen-bond acceptors (Lipinski definition) is 2. The summed E-state index contributed by atoms with van der Waals surface area (Å²) in [6.07, 6.45) is 0.756. The molecule has 86 valence electrons. The lowest BCUT2D eigenvalue weighted by Gasteiger charge is -2.25. The monoisotopic (exact) mass is 219 g/mol. The van der Waals surface area contributed by atoms with E-state index in [0.717, 1.165) is 12.0 Å². The molecular weight excluding hydrogens is 202 g/mol. The quantitative estimate of drug-likeness (QED) is 0.841. The van der Waals surface area contributed by atoms with Crippen LogP contribution in [0.1, 0.15) is 18.9 Å². The first kappa shape index (κ1) is 11.1. The van der Waals surface area contributed by atoms with E-state index in [-0.39, 0.29) is 5.92 Å². The van der Waals surface area contributed by atoms with Crippen molar-refractivity contribution < 1.29 is 9.90 Å². The Morgan fingerprint density at radius 3 is 2.50 bits per heavy atom. The minimum absolute atomic E-state index is 0.249. The van der Waals surface area contributed by atoms with Gasteiger partial charge in [-0.15, -0.1) is 0 Å². The molecule has 1 aliphatic carbocycles. The fourth-order valence-electron chi connectivity index (χ4n) is 2.40. The highest BCUT2D eigenvalue weighted by Gasteiger charge is 2.60. The Hall–Kier alpha value is -1.35. The van der Waals surface area contributed by atoms with Crippen LogP contribution < -0.4 is 0 Å². The average molecular weight is 219 g/mol. The summed E-state index contributed by atoms with van der Waals surface area (Å²) in [5.41, 5.74) is 0.528. The molecule has 2 rings (SSSR count). The number of rotatable bonds is 4. The van der Waals surface area contributed by atoms with E-state index in [0.29, 0.717) is 6.54 Å². The van der Waals surface area contributed by atoms with Gasteiger partial charge in [-0.1, -0.05) is 37.3 Å². The number of carboxylic acid groups (broad SMARTS) is 1. The maximum absolute atomic E-state index is 11.3. The van der Waals surface area contributed by atoms with E-state index in [1.165, 1.54) is 0 Å². The van der Waals surface area contributed by atoms with Gasteiger partial charge >= 0.3 is 5.97 Å². The van der Waals surface area contributed by atoms with E-state index in [4.69, 9.17) is 0 Å². The zero-order valence-corrected chi connectivity index (χ0v) is 9.68. The van der Waals surface area contributed by atoms with Crippen LogP contribution in [0.2, 0.25) is 0 Å². The topological polar surface area (TPSA) is 40.5 Å². The molecule has 0 unspecified atom stereocenters. The molecular formula is C13H17NO2. The van der Waals surface area contributed by atoms with Gasteiger partial charge in [0.2, 0.25) is 0 Å². The summed E-state index contributed by atoms with van der Waals surface area (Å²) in [4.78, 5) is 13.2. The Morgan fingerprint density at radius 1 is 1.50 bits per heavy atom. The van der Waals surface area contributed by atoms with Gasteiger partial charge in [0.1, 0.15) is 5.54 Å². The second kappa shape index (κ2) is 3.91. The van der Waals surface area contributed by atoms with E-state index in [1.54, 1.807) is 0 Å². The summed E-state index contributed by atoms with van der Waals surface area (Å²) in [6.45, 7) is 2.69. The first-order valence-electron chi connectivity index (χ1n) is 5.56. The molecule has 0 aliphatic heterocycles. The highest BCUT2D eigenvalue weighted by atomic mass is 16.4. The lowest BCUT2D eigenvalue weighted by atomic mass is 10.1. The minimum atomic E-state index is -0.696. The van der Waals surface area contributed by atoms with Crippen molar-refractivity contribution in [2.24, 2.45) is 5.92 Å². The van der Waals surface area contributed by atoms with Gasteiger partial charge in [0.05, 0.1) is 0 Å². The van der Waals surface area contributed by atoms with Gasteiger partial charge in [-0.3, -0.25) is 9.69 Å². The Labute approximate surface area is 95.7 Å². The molecule has 1 aromatic rings. The SMILES string of the molecule is C[C@@H]1C[C@@]1(C(=O)O)N(C)Cc1ccccc1. The van der Waals surface area contributed by atoms with Gasteiger partial charge < -0.3 is 5.11 Å². The van der Waals surface area contributed by atoms with Crippen LogP contribution in [0.4, 0.5) is 0 Å². The predicted molar refractivity (Wildman–Crippen MR) is 62.1 cm³/mol. The van der Waals surface area contributed by atoms with Gasteiger partial charge in [0.25, 0.3) is 0 Å². The molecule has 1 aliphatic rings. The van der Waals surface area contributed by atoms with Crippen LogP contribution in [-0.2, 0) is 11.3 Å². The molecule has 0 amide bonds. The lowest BCUT2D eigenvalue weighted by molar-refractivity contribution is -0.145. The van der Waals surface area contributed by atoms with Gasteiger partial charge in [-0.2, -0.15) is 0 Å². The number of carbonyl (C=O) groups is 1. The van der Waals surface area contributed by atoms with Crippen molar-refractivity contribution in [3.05, 3.63) is 35.9 Å². The number of nitrogens with zero attached hydrogens (tertiary/aromatic N) is 1. The third kappa shape index (κ3) is 1.71. The highest BCUT2D eigenvalue weighted by molar-refractivity contribution is 5.83. The minimum Gasteiger partial charge on any atom is -0.480 e. The fourth-order valence-corrected chi connectivity index (χ4v) is 2.40. The predicted octanol–water partition coefficient (Wildman–Crippen LogP) is 1.98. The molecule has 1 N–H and O–H groups in total. The van der Waals surface area contributed by atoms with E-state index in [9.17, 15) is 9.90 Å². The van der Waals surface area contributed by atoms with Gasteiger partial charge in [0.15, 0.2) is 0 Å². The molecule has 0 spiro atoms. The van der Waals surface area contributed by atoms with Crippen LogP contribution in [0.25, 0.3) is 0 Å². The van der Waals surface area contributed by atoms with E-state index in [1.807, 2.05) is 49.2 Å². The average Bonchev–Trinajstić information content (AvgIpc) is 2.93. The van der Waals surface area contributed by atoms with E-state index < -0.39 is 11.5 Å². The smallest absolute Gasteiger partial charge is 0.324 e. The van der Waals surface area contributed by atoms with Crippen molar-refractivity contribution >= 4 is 5.97 Å². The third-order valence-corrected chi connectivity index (χ3v) is 3.59.